The molecule has 0 radical (unpaired) electrons. The van der Waals surface area contributed by atoms with Gasteiger partial charge in [0.05, 0.1) is 6.26 Å². The van der Waals surface area contributed by atoms with Crippen LogP contribution in [0.1, 0.15) is 31.9 Å². The summed E-state index contributed by atoms with van der Waals surface area (Å²) in [7, 11) is 1.82. The Hall–Kier alpha value is -1.49. The zero-order chi connectivity index (χ0) is 14.9. The lowest BCUT2D eigenvalue weighted by Crippen LogP contribution is -2.46. The molecule has 1 saturated heterocycles. The molecule has 5 heteroatoms. The van der Waals surface area contributed by atoms with Gasteiger partial charge in [0.1, 0.15) is 5.76 Å². The molecule has 0 spiro atoms. The number of nitrogens with one attached hydrogen (secondary N) is 2. The maximum absolute atomic E-state index is 5.33. The Morgan fingerprint density at radius 3 is 2.81 bits per heavy atom. The second kappa shape index (κ2) is 8.72. The molecule has 1 aliphatic heterocycles. The minimum absolute atomic E-state index is 0.608. The minimum atomic E-state index is 0.608. The molecule has 0 bridgehead atoms. The first-order valence-electron chi connectivity index (χ1n) is 8.04. The smallest absolute Gasteiger partial charge is 0.191 e. The van der Waals surface area contributed by atoms with E-state index >= 15 is 0 Å². The van der Waals surface area contributed by atoms with Gasteiger partial charge in [0.25, 0.3) is 0 Å². The number of rotatable bonds is 7. The highest BCUT2D eigenvalue weighted by Crippen LogP contribution is 2.13. The highest BCUT2D eigenvalue weighted by Gasteiger charge is 2.20. The van der Waals surface area contributed by atoms with Crippen molar-refractivity contribution in [1.29, 1.82) is 0 Å². The molecule has 1 unspecified atom stereocenters. The van der Waals surface area contributed by atoms with Crippen LogP contribution < -0.4 is 10.6 Å². The zero-order valence-corrected chi connectivity index (χ0v) is 13.3. The summed E-state index contributed by atoms with van der Waals surface area (Å²) in [6, 6.07) is 4.53. The topological polar surface area (TPSA) is 52.8 Å². The SMILES string of the molecule is CCC(CNC(=NC)NCCc1ccco1)N1CCCC1. The number of nitrogens with zero attached hydrogens (tertiary/aromatic N) is 2. The lowest BCUT2D eigenvalue weighted by Gasteiger charge is -2.27. The van der Waals surface area contributed by atoms with Crippen LogP contribution in [0.15, 0.2) is 27.8 Å². The van der Waals surface area contributed by atoms with Gasteiger partial charge in [0.15, 0.2) is 5.96 Å². The summed E-state index contributed by atoms with van der Waals surface area (Å²) in [5.41, 5.74) is 0. The Balaban J connectivity index is 1.68. The number of furan rings is 1. The highest BCUT2D eigenvalue weighted by molar-refractivity contribution is 5.79. The van der Waals surface area contributed by atoms with Gasteiger partial charge in [-0.3, -0.25) is 9.89 Å². The summed E-state index contributed by atoms with van der Waals surface area (Å²) in [6.45, 7) is 6.53. The van der Waals surface area contributed by atoms with Crippen LogP contribution in [0.3, 0.4) is 0 Å². The van der Waals surface area contributed by atoms with Gasteiger partial charge in [-0.1, -0.05) is 6.92 Å². The molecule has 1 aromatic heterocycles. The largest absolute Gasteiger partial charge is 0.469 e. The molecule has 1 fully saturated rings. The molecule has 2 heterocycles. The fraction of sp³-hybridized carbons (Fsp3) is 0.688. The molecule has 2 N–H and O–H groups in total. The second-order valence-corrected chi connectivity index (χ2v) is 5.51. The van der Waals surface area contributed by atoms with E-state index in [2.05, 4.69) is 27.4 Å². The normalized spacial score (nSPS) is 17.9. The van der Waals surface area contributed by atoms with Gasteiger partial charge >= 0.3 is 0 Å². The van der Waals surface area contributed by atoms with Crippen molar-refractivity contribution in [2.24, 2.45) is 4.99 Å². The van der Waals surface area contributed by atoms with Gasteiger partial charge in [-0.05, 0) is 44.5 Å². The molecule has 5 nitrogen and oxygen atoms in total. The molecule has 1 aliphatic rings. The van der Waals surface area contributed by atoms with E-state index in [-0.39, 0.29) is 0 Å². The molecule has 0 saturated carbocycles. The minimum Gasteiger partial charge on any atom is -0.469 e. The first kappa shape index (κ1) is 15.9. The molecule has 1 aromatic rings. The van der Waals surface area contributed by atoms with E-state index < -0.39 is 0 Å². The summed E-state index contributed by atoms with van der Waals surface area (Å²) in [5, 5.41) is 6.78. The monoisotopic (exact) mass is 292 g/mol. The molecule has 0 amide bonds. The summed E-state index contributed by atoms with van der Waals surface area (Å²) < 4.78 is 5.33. The number of guanidine groups is 1. The molecule has 0 aliphatic carbocycles. The molecule has 21 heavy (non-hydrogen) atoms. The van der Waals surface area contributed by atoms with Crippen LogP contribution in [-0.2, 0) is 6.42 Å². The van der Waals surface area contributed by atoms with E-state index in [1.807, 2.05) is 19.2 Å². The van der Waals surface area contributed by atoms with Crippen LogP contribution in [0.25, 0.3) is 0 Å². The molecule has 0 aromatic carbocycles. The molecule has 2 rings (SSSR count). The zero-order valence-electron chi connectivity index (χ0n) is 13.3. The first-order valence-corrected chi connectivity index (χ1v) is 8.04. The van der Waals surface area contributed by atoms with E-state index in [0.717, 1.165) is 31.2 Å². The van der Waals surface area contributed by atoms with E-state index in [9.17, 15) is 0 Å². The maximum atomic E-state index is 5.33. The molecular formula is C16H28N4O. The maximum Gasteiger partial charge on any atom is 0.191 e. The van der Waals surface area contributed by atoms with Crippen molar-refractivity contribution in [1.82, 2.24) is 15.5 Å². The third-order valence-corrected chi connectivity index (χ3v) is 4.10. The van der Waals surface area contributed by atoms with E-state index in [4.69, 9.17) is 4.42 Å². The average Bonchev–Trinajstić information content (AvgIpc) is 3.19. The van der Waals surface area contributed by atoms with Crippen molar-refractivity contribution in [2.75, 3.05) is 33.2 Å². The molecular weight excluding hydrogens is 264 g/mol. The molecule has 1 atom stereocenters. The Kier molecular flexibility index (Phi) is 6.60. The number of hydrogen-bond acceptors (Lipinski definition) is 3. The van der Waals surface area contributed by atoms with Crippen LogP contribution in [-0.4, -0.2) is 50.1 Å². The number of likely N-dealkylation sites (tertiary alicyclic amines) is 1. The van der Waals surface area contributed by atoms with Gasteiger partial charge < -0.3 is 15.1 Å². The lowest BCUT2D eigenvalue weighted by atomic mass is 10.2. The van der Waals surface area contributed by atoms with Crippen molar-refractivity contribution in [3.63, 3.8) is 0 Å². The summed E-state index contributed by atoms with van der Waals surface area (Å²) in [5.74, 6) is 1.88. The van der Waals surface area contributed by atoms with Gasteiger partial charge in [0, 0.05) is 32.6 Å². The Morgan fingerprint density at radius 1 is 1.38 bits per heavy atom. The fourth-order valence-electron chi connectivity index (χ4n) is 2.83. The average molecular weight is 292 g/mol. The Morgan fingerprint density at radius 2 is 2.19 bits per heavy atom. The van der Waals surface area contributed by atoms with Crippen molar-refractivity contribution in [3.05, 3.63) is 24.2 Å². The van der Waals surface area contributed by atoms with Gasteiger partial charge in [-0.15, -0.1) is 0 Å². The lowest BCUT2D eigenvalue weighted by molar-refractivity contribution is 0.236. The quantitative estimate of drug-likeness (QED) is 0.595. The van der Waals surface area contributed by atoms with Crippen molar-refractivity contribution < 1.29 is 4.42 Å². The highest BCUT2D eigenvalue weighted by atomic mass is 16.3. The van der Waals surface area contributed by atoms with Crippen LogP contribution in [0.2, 0.25) is 0 Å². The van der Waals surface area contributed by atoms with Crippen LogP contribution in [0.4, 0.5) is 0 Å². The third kappa shape index (κ3) is 5.08. The predicted molar refractivity (Wildman–Crippen MR) is 86.7 cm³/mol. The number of hydrogen-bond donors (Lipinski definition) is 2. The molecule has 118 valence electrons. The van der Waals surface area contributed by atoms with Gasteiger partial charge in [-0.25, -0.2) is 0 Å². The van der Waals surface area contributed by atoms with Crippen LogP contribution in [0.5, 0.6) is 0 Å². The van der Waals surface area contributed by atoms with E-state index in [1.54, 1.807) is 6.26 Å². The summed E-state index contributed by atoms with van der Waals surface area (Å²) in [6.07, 6.45) is 6.44. The summed E-state index contributed by atoms with van der Waals surface area (Å²) >= 11 is 0. The summed E-state index contributed by atoms with van der Waals surface area (Å²) in [4.78, 5) is 6.87. The van der Waals surface area contributed by atoms with Gasteiger partial charge in [-0.2, -0.15) is 0 Å². The van der Waals surface area contributed by atoms with Crippen LogP contribution in [0, 0.1) is 0 Å². The predicted octanol–water partition coefficient (Wildman–Crippen LogP) is 1.86. The van der Waals surface area contributed by atoms with E-state index in [1.165, 1.54) is 32.4 Å². The fourth-order valence-corrected chi connectivity index (χ4v) is 2.83. The first-order chi connectivity index (χ1) is 10.3. The van der Waals surface area contributed by atoms with Crippen LogP contribution >= 0.6 is 0 Å². The Bertz CT molecular complexity index is 410. The standard InChI is InChI=1S/C16H28N4O/c1-3-14(20-10-4-5-11-20)13-19-16(17-2)18-9-8-15-7-6-12-21-15/h6-7,12,14H,3-5,8-11,13H2,1-2H3,(H2,17,18,19). The van der Waals surface area contributed by atoms with Crippen molar-refractivity contribution >= 4 is 5.96 Å². The second-order valence-electron chi connectivity index (χ2n) is 5.51. The van der Waals surface area contributed by atoms with Crippen molar-refractivity contribution in [3.8, 4) is 0 Å². The Labute approximate surface area is 127 Å². The van der Waals surface area contributed by atoms with Crippen molar-refractivity contribution in [2.45, 2.75) is 38.6 Å². The number of aliphatic imine (C=N–C) groups is 1. The van der Waals surface area contributed by atoms with Gasteiger partial charge in [0.2, 0.25) is 0 Å². The van der Waals surface area contributed by atoms with E-state index in [0.29, 0.717) is 6.04 Å². The third-order valence-electron chi connectivity index (χ3n) is 4.10.